The zero-order valence-corrected chi connectivity index (χ0v) is 9.14. The van der Waals surface area contributed by atoms with Gasteiger partial charge in [0.1, 0.15) is 0 Å². The molecule has 1 atom stereocenters. The van der Waals surface area contributed by atoms with Crippen molar-refractivity contribution in [3.05, 3.63) is 17.5 Å². The first-order valence-electron chi connectivity index (χ1n) is 5.34. The van der Waals surface area contributed by atoms with Crippen LogP contribution in [0.4, 0.5) is 0 Å². The van der Waals surface area contributed by atoms with E-state index in [9.17, 15) is 4.79 Å². The van der Waals surface area contributed by atoms with Gasteiger partial charge in [0.25, 0.3) is 0 Å². The van der Waals surface area contributed by atoms with E-state index in [4.69, 9.17) is 4.74 Å². The van der Waals surface area contributed by atoms with Gasteiger partial charge in [-0.1, -0.05) is 0 Å². The summed E-state index contributed by atoms with van der Waals surface area (Å²) in [7, 11) is 0. The Labute approximate surface area is 89.2 Å². The van der Waals surface area contributed by atoms with Gasteiger partial charge in [-0.25, -0.2) is 0 Å². The molecule has 1 aromatic heterocycles. The van der Waals surface area contributed by atoms with Crippen molar-refractivity contribution in [2.45, 2.75) is 32.2 Å². The van der Waals surface area contributed by atoms with Crippen molar-refractivity contribution in [3.8, 4) is 0 Å². The molecule has 1 unspecified atom stereocenters. The maximum Gasteiger partial charge on any atom is 0.153 e. The normalized spacial score (nSPS) is 21.1. The Morgan fingerprint density at radius 3 is 3.00 bits per heavy atom. The van der Waals surface area contributed by atoms with Crippen molar-refractivity contribution in [2.24, 2.45) is 0 Å². The van der Waals surface area contributed by atoms with E-state index in [2.05, 4.69) is 18.9 Å². The van der Waals surface area contributed by atoms with Crippen molar-refractivity contribution in [3.63, 3.8) is 0 Å². The van der Waals surface area contributed by atoms with E-state index in [1.165, 1.54) is 0 Å². The summed E-state index contributed by atoms with van der Waals surface area (Å²) in [6, 6.07) is 0.291. The van der Waals surface area contributed by atoms with Gasteiger partial charge in [0.05, 0.1) is 17.9 Å². The average molecular weight is 208 g/mol. The van der Waals surface area contributed by atoms with Crippen LogP contribution in [0.3, 0.4) is 0 Å². The van der Waals surface area contributed by atoms with Crippen molar-refractivity contribution in [1.82, 2.24) is 9.78 Å². The molecule has 0 spiro atoms. The minimum Gasteiger partial charge on any atom is -0.381 e. The molecule has 1 aliphatic rings. The molecule has 0 aliphatic carbocycles. The van der Waals surface area contributed by atoms with Gasteiger partial charge in [0.2, 0.25) is 0 Å². The SMILES string of the molecule is CC(C)n1cc(C=O)c(C2CCOC2)n1. The zero-order chi connectivity index (χ0) is 10.8. The number of hydrogen-bond acceptors (Lipinski definition) is 3. The second-order valence-electron chi connectivity index (χ2n) is 4.22. The standard InChI is InChI=1S/C11H16N2O2/c1-8(2)13-5-10(6-14)11(12-13)9-3-4-15-7-9/h5-6,8-9H,3-4,7H2,1-2H3. The summed E-state index contributed by atoms with van der Waals surface area (Å²) in [6.45, 7) is 5.57. The first-order chi connectivity index (χ1) is 7.22. The van der Waals surface area contributed by atoms with Crippen LogP contribution in [-0.4, -0.2) is 29.3 Å². The van der Waals surface area contributed by atoms with Crippen LogP contribution in [0.25, 0.3) is 0 Å². The molecule has 15 heavy (non-hydrogen) atoms. The fourth-order valence-electron chi connectivity index (χ4n) is 1.84. The largest absolute Gasteiger partial charge is 0.381 e. The second-order valence-corrected chi connectivity index (χ2v) is 4.22. The highest BCUT2D eigenvalue weighted by atomic mass is 16.5. The number of hydrogen-bond donors (Lipinski definition) is 0. The number of nitrogens with zero attached hydrogens (tertiary/aromatic N) is 2. The van der Waals surface area contributed by atoms with Crippen LogP contribution in [0, 0.1) is 0 Å². The number of aromatic nitrogens is 2. The predicted molar refractivity (Wildman–Crippen MR) is 56.2 cm³/mol. The van der Waals surface area contributed by atoms with Gasteiger partial charge in [-0.05, 0) is 20.3 Å². The summed E-state index contributed by atoms with van der Waals surface area (Å²) >= 11 is 0. The molecule has 2 heterocycles. The van der Waals surface area contributed by atoms with Gasteiger partial charge in [-0.3, -0.25) is 9.48 Å². The lowest BCUT2D eigenvalue weighted by Gasteiger charge is -2.05. The Bertz CT molecular complexity index is 351. The van der Waals surface area contributed by atoms with E-state index in [1.807, 2.05) is 10.9 Å². The van der Waals surface area contributed by atoms with E-state index in [-0.39, 0.29) is 0 Å². The fraction of sp³-hybridized carbons (Fsp3) is 0.636. The molecular weight excluding hydrogens is 192 g/mol. The van der Waals surface area contributed by atoms with Gasteiger partial charge in [-0.15, -0.1) is 0 Å². The molecule has 1 fully saturated rings. The molecule has 4 nitrogen and oxygen atoms in total. The van der Waals surface area contributed by atoms with Gasteiger partial charge >= 0.3 is 0 Å². The summed E-state index contributed by atoms with van der Waals surface area (Å²) in [4.78, 5) is 10.9. The zero-order valence-electron chi connectivity index (χ0n) is 9.14. The van der Waals surface area contributed by atoms with Gasteiger partial charge in [0, 0.05) is 24.8 Å². The van der Waals surface area contributed by atoms with Crippen LogP contribution in [0.2, 0.25) is 0 Å². The Morgan fingerprint density at radius 1 is 1.67 bits per heavy atom. The summed E-state index contributed by atoms with van der Waals surface area (Å²) in [5.74, 6) is 0.296. The first kappa shape index (κ1) is 10.4. The Hall–Kier alpha value is -1.16. The van der Waals surface area contributed by atoms with Gasteiger partial charge in [-0.2, -0.15) is 5.10 Å². The topological polar surface area (TPSA) is 44.1 Å². The third-order valence-corrected chi connectivity index (χ3v) is 2.76. The number of rotatable bonds is 3. The van der Waals surface area contributed by atoms with Crippen molar-refractivity contribution in [1.29, 1.82) is 0 Å². The second kappa shape index (κ2) is 4.14. The summed E-state index contributed by atoms with van der Waals surface area (Å²) < 4.78 is 7.16. The Balaban J connectivity index is 2.31. The van der Waals surface area contributed by atoms with E-state index in [0.29, 0.717) is 24.1 Å². The lowest BCUT2D eigenvalue weighted by molar-refractivity contribution is 0.112. The van der Waals surface area contributed by atoms with Crippen LogP contribution < -0.4 is 0 Å². The lowest BCUT2D eigenvalue weighted by Crippen LogP contribution is -2.05. The quantitative estimate of drug-likeness (QED) is 0.711. The molecular formula is C11H16N2O2. The molecule has 4 heteroatoms. The summed E-state index contributed by atoms with van der Waals surface area (Å²) in [6.07, 6.45) is 3.68. The third-order valence-electron chi connectivity index (χ3n) is 2.76. The maximum absolute atomic E-state index is 10.9. The van der Waals surface area contributed by atoms with Crippen LogP contribution in [-0.2, 0) is 4.74 Å². The molecule has 1 aromatic rings. The minimum atomic E-state index is 0.291. The maximum atomic E-state index is 10.9. The molecule has 0 radical (unpaired) electrons. The third kappa shape index (κ3) is 1.95. The number of carbonyl (C=O) groups excluding carboxylic acids is 1. The number of carbonyl (C=O) groups is 1. The van der Waals surface area contributed by atoms with Gasteiger partial charge in [0.15, 0.2) is 6.29 Å². The van der Waals surface area contributed by atoms with E-state index in [1.54, 1.807) is 0 Å². The molecule has 0 amide bonds. The minimum absolute atomic E-state index is 0.291. The fourth-order valence-corrected chi connectivity index (χ4v) is 1.84. The van der Waals surface area contributed by atoms with Crippen LogP contribution in [0.1, 0.15) is 48.3 Å². The van der Waals surface area contributed by atoms with E-state index in [0.717, 1.165) is 25.0 Å². The molecule has 1 aliphatic heterocycles. The number of ether oxygens (including phenoxy) is 1. The highest BCUT2D eigenvalue weighted by Gasteiger charge is 2.24. The highest BCUT2D eigenvalue weighted by Crippen LogP contribution is 2.26. The smallest absolute Gasteiger partial charge is 0.153 e. The molecule has 2 rings (SSSR count). The van der Waals surface area contributed by atoms with Crippen LogP contribution in [0.5, 0.6) is 0 Å². The van der Waals surface area contributed by atoms with Crippen molar-refractivity contribution < 1.29 is 9.53 Å². The van der Waals surface area contributed by atoms with Gasteiger partial charge < -0.3 is 4.74 Å². The van der Waals surface area contributed by atoms with Crippen molar-refractivity contribution in [2.75, 3.05) is 13.2 Å². The molecule has 82 valence electrons. The van der Waals surface area contributed by atoms with Crippen LogP contribution in [0.15, 0.2) is 6.20 Å². The van der Waals surface area contributed by atoms with E-state index < -0.39 is 0 Å². The molecule has 0 saturated carbocycles. The monoisotopic (exact) mass is 208 g/mol. The summed E-state index contributed by atoms with van der Waals surface area (Å²) in [5.41, 5.74) is 1.61. The predicted octanol–water partition coefficient (Wildman–Crippen LogP) is 1.78. The molecule has 0 aromatic carbocycles. The summed E-state index contributed by atoms with van der Waals surface area (Å²) in [5, 5.41) is 4.47. The Morgan fingerprint density at radius 2 is 2.47 bits per heavy atom. The Kier molecular flexibility index (Phi) is 2.86. The van der Waals surface area contributed by atoms with E-state index >= 15 is 0 Å². The highest BCUT2D eigenvalue weighted by molar-refractivity contribution is 5.76. The molecule has 0 bridgehead atoms. The lowest BCUT2D eigenvalue weighted by atomic mass is 10.0. The average Bonchev–Trinajstić information content (AvgIpc) is 2.86. The van der Waals surface area contributed by atoms with Crippen LogP contribution >= 0.6 is 0 Å². The molecule has 0 N–H and O–H groups in total. The number of aldehydes is 1. The first-order valence-corrected chi connectivity index (χ1v) is 5.34. The molecule has 1 saturated heterocycles. The van der Waals surface area contributed by atoms with Crippen molar-refractivity contribution >= 4 is 6.29 Å².